The van der Waals surface area contributed by atoms with E-state index in [2.05, 4.69) is 46.2 Å². The van der Waals surface area contributed by atoms with Crippen molar-refractivity contribution in [2.75, 3.05) is 23.3 Å². The van der Waals surface area contributed by atoms with E-state index in [1.165, 1.54) is 28.8 Å². The zero-order valence-electron chi connectivity index (χ0n) is 17.2. The number of fused-ring (bicyclic) bond motifs is 1. The zero-order valence-corrected chi connectivity index (χ0v) is 18.0. The Bertz CT molecular complexity index is 1180. The van der Waals surface area contributed by atoms with Gasteiger partial charge in [-0.25, -0.2) is 15.0 Å². The lowest BCUT2D eigenvalue weighted by Crippen LogP contribution is -2.19. The van der Waals surface area contributed by atoms with Crippen LogP contribution in [0.5, 0.6) is 0 Å². The molecule has 4 aromatic heterocycles. The van der Waals surface area contributed by atoms with E-state index in [1.807, 2.05) is 24.5 Å². The number of thiophene rings is 1. The van der Waals surface area contributed by atoms with Gasteiger partial charge in [0.15, 0.2) is 5.82 Å². The van der Waals surface area contributed by atoms with Crippen LogP contribution >= 0.6 is 11.3 Å². The molecule has 0 aliphatic carbocycles. The quantitative estimate of drug-likeness (QED) is 0.495. The second kappa shape index (κ2) is 7.99. The van der Waals surface area contributed by atoms with Crippen LogP contribution in [0, 0.1) is 13.8 Å². The van der Waals surface area contributed by atoms with Gasteiger partial charge in [0.05, 0.1) is 5.39 Å². The molecule has 5 rings (SSSR count). The van der Waals surface area contributed by atoms with E-state index in [9.17, 15) is 0 Å². The molecule has 0 amide bonds. The topological polar surface area (TPSA) is 66.8 Å². The van der Waals surface area contributed by atoms with E-state index >= 15 is 0 Å². The van der Waals surface area contributed by atoms with Crippen LogP contribution < -0.4 is 10.2 Å². The zero-order chi connectivity index (χ0) is 20.5. The van der Waals surface area contributed by atoms with Gasteiger partial charge in [0.1, 0.15) is 16.5 Å². The van der Waals surface area contributed by atoms with Gasteiger partial charge in [-0.15, -0.1) is 11.3 Å². The SMILES string of the molecule is Cc1sc2nc(-c3cccnc3)nc(NCc3ccnc(N4CCCC4)c3)c2c1C. The van der Waals surface area contributed by atoms with Gasteiger partial charge in [-0.3, -0.25) is 4.98 Å². The molecule has 4 aromatic rings. The number of pyridine rings is 2. The molecular weight excluding hydrogens is 392 g/mol. The van der Waals surface area contributed by atoms with Crippen molar-refractivity contribution in [3.05, 3.63) is 58.9 Å². The molecule has 5 heterocycles. The number of hydrogen-bond donors (Lipinski definition) is 1. The molecule has 1 fully saturated rings. The van der Waals surface area contributed by atoms with Crippen molar-refractivity contribution >= 4 is 33.2 Å². The highest BCUT2D eigenvalue weighted by atomic mass is 32.1. The third-order valence-corrected chi connectivity index (χ3v) is 6.75. The minimum atomic E-state index is 0.691. The van der Waals surface area contributed by atoms with Crippen molar-refractivity contribution in [1.29, 1.82) is 0 Å². The summed E-state index contributed by atoms with van der Waals surface area (Å²) in [6.45, 7) is 7.16. The van der Waals surface area contributed by atoms with Crippen LogP contribution in [0.2, 0.25) is 0 Å². The van der Waals surface area contributed by atoms with E-state index < -0.39 is 0 Å². The van der Waals surface area contributed by atoms with Crippen LogP contribution in [0.1, 0.15) is 28.8 Å². The van der Waals surface area contributed by atoms with Gasteiger partial charge in [0.25, 0.3) is 0 Å². The first kappa shape index (κ1) is 18.9. The monoisotopic (exact) mass is 416 g/mol. The summed E-state index contributed by atoms with van der Waals surface area (Å²) in [6.07, 6.45) is 7.97. The van der Waals surface area contributed by atoms with E-state index in [0.717, 1.165) is 40.5 Å². The molecule has 0 aromatic carbocycles. The number of rotatable bonds is 5. The maximum absolute atomic E-state index is 4.88. The minimum Gasteiger partial charge on any atom is -0.365 e. The molecule has 0 spiro atoms. The summed E-state index contributed by atoms with van der Waals surface area (Å²) in [6, 6.07) is 8.16. The van der Waals surface area contributed by atoms with Crippen LogP contribution in [0.4, 0.5) is 11.6 Å². The van der Waals surface area contributed by atoms with Gasteiger partial charge in [0, 0.05) is 48.7 Å². The number of anilines is 2. The lowest BCUT2D eigenvalue weighted by atomic mass is 10.2. The Labute approximate surface area is 180 Å². The molecule has 0 bridgehead atoms. The van der Waals surface area contributed by atoms with Crippen molar-refractivity contribution in [3.63, 3.8) is 0 Å². The summed E-state index contributed by atoms with van der Waals surface area (Å²) >= 11 is 1.71. The molecule has 7 heteroatoms. The van der Waals surface area contributed by atoms with E-state index in [4.69, 9.17) is 9.97 Å². The van der Waals surface area contributed by atoms with E-state index in [-0.39, 0.29) is 0 Å². The molecule has 0 saturated carbocycles. The van der Waals surface area contributed by atoms with Gasteiger partial charge < -0.3 is 10.2 Å². The Morgan fingerprint density at radius 2 is 1.97 bits per heavy atom. The lowest BCUT2D eigenvalue weighted by molar-refractivity contribution is 0.931. The van der Waals surface area contributed by atoms with E-state index in [1.54, 1.807) is 17.5 Å². The fourth-order valence-corrected chi connectivity index (χ4v) is 4.91. The third-order valence-electron chi connectivity index (χ3n) is 5.65. The Balaban J connectivity index is 1.48. The highest BCUT2D eigenvalue weighted by Gasteiger charge is 2.17. The lowest BCUT2D eigenvalue weighted by Gasteiger charge is -2.17. The number of nitrogens with zero attached hydrogens (tertiary/aromatic N) is 5. The highest BCUT2D eigenvalue weighted by molar-refractivity contribution is 7.18. The van der Waals surface area contributed by atoms with Gasteiger partial charge in [-0.2, -0.15) is 0 Å². The maximum Gasteiger partial charge on any atom is 0.164 e. The molecule has 0 unspecified atom stereocenters. The Hall–Kier alpha value is -3.06. The van der Waals surface area contributed by atoms with Crippen LogP contribution in [-0.2, 0) is 6.54 Å². The van der Waals surface area contributed by atoms with Crippen LogP contribution in [0.25, 0.3) is 21.6 Å². The second-order valence-electron chi connectivity index (χ2n) is 7.67. The van der Waals surface area contributed by atoms with Gasteiger partial charge >= 0.3 is 0 Å². The largest absolute Gasteiger partial charge is 0.365 e. The van der Waals surface area contributed by atoms with Crippen molar-refractivity contribution in [2.24, 2.45) is 0 Å². The molecule has 0 radical (unpaired) electrons. The van der Waals surface area contributed by atoms with Gasteiger partial charge in [0.2, 0.25) is 0 Å². The van der Waals surface area contributed by atoms with Crippen molar-refractivity contribution < 1.29 is 0 Å². The maximum atomic E-state index is 4.88. The first-order valence-electron chi connectivity index (χ1n) is 10.3. The number of hydrogen-bond acceptors (Lipinski definition) is 7. The number of aryl methyl sites for hydroxylation is 2. The van der Waals surface area contributed by atoms with Crippen LogP contribution in [0.15, 0.2) is 42.9 Å². The van der Waals surface area contributed by atoms with Crippen LogP contribution in [-0.4, -0.2) is 33.0 Å². The average molecular weight is 417 g/mol. The first-order valence-corrected chi connectivity index (χ1v) is 11.1. The fourth-order valence-electron chi connectivity index (χ4n) is 3.88. The number of nitrogens with one attached hydrogen (secondary N) is 1. The highest BCUT2D eigenvalue weighted by Crippen LogP contribution is 2.35. The van der Waals surface area contributed by atoms with Gasteiger partial charge in [-0.1, -0.05) is 0 Å². The molecule has 1 N–H and O–H groups in total. The number of aromatic nitrogens is 4. The minimum absolute atomic E-state index is 0.691. The molecule has 30 heavy (non-hydrogen) atoms. The van der Waals surface area contributed by atoms with Crippen molar-refractivity contribution in [3.8, 4) is 11.4 Å². The summed E-state index contributed by atoms with van der Waals surface area (Å²) in [5.74, 6) is 2.64. The molecule has 1 saturated heterocycles. The summed E-state index contributed by atoms with van der Waals surface area (Å²) in [5.41, 5.74) is 3.36. The first-order chi connectivity index (χ1) is 14.7. The molecule has 0 atom stereocenters. The summed E-state index contributed by atoms with van der Waals surface area (Å²) in [5, 5.41) is 4.69. The van der Waals surface area contributed by atoms with E-state index in [0.29, 0.717) is 12.4 Å². The Morgan fingerprint density at radius 1 is 1.10 bits per heavy atom. The standard InChI is InChI=1S/C23H24N6S/c1-15-16(2)30-23-20(15)22(27-21(28-23)18-6-5-8-24-14-18)26-13-17-7-9-25-19(12-17)29-10-3-4-11-29/h5-9,12,14H,3-4,10-11,13H2,1-2H3,(H,26,27,28). The summed E-state index contributed by atoms with van der Waals surface area (Å²) in [7, 11) is 0. The molecule has 1 aliphatic rings. The predicted octanol–water partition coefficient (Wildman–Crippen LogP) is 4.98. The molecule has 6 nitrogen and oxygen atoms in total. The Morgan fingerprint density at radius 3 is 2.77 bits per heavy atom. The predicted molar refractivity (Wildman–Crippen MR) is 123 cm³/mol. The third kappa shape index (κ3) is 3.61. The van der Waals surface area contributed by atoms with Gasteiger partial charge in [-0.05, 0) is 62.1 Å². The Kier molecular flexibility index (Phi) is 5.04. The fraction of sp³-hybridized carbons (Fsp3) is 0.304. The average Bonchev–Trinajstić information content (AvgIpc) is 3.42. The summed E-state index contributed by atoms with van der Waals surface area (Å²) in [4.78, 5) is 23.1. The summed E-state index contributed by atoms with van der Waals surface area (Å²) < 4.78 is 0. The normalized spacial score (nSPS) is 13.9. The van der Waals surface area contributed by atoms with Crippen LogP contribution in [0.3, 0.4) is 0 Å². The molecular formula is C23H24N6S. The van der Waals surface area contributed by atoms with Crippen molar-refractivity contribution in [2.45, 2.75) is 33.2 Å². The molecule has 152 valence electrons. The van der Waals surface area contributed by atoms with Crippen molar-refractivity contribution in [1.82, 2.24) is 19.9 Å². The smallest absolute Gasteiger partial charge is 0.164 e. The molecule has 1 aliphatic heterocycles. The second-order valence-corrected chi connectivity index (χ2v) is 8.87.